The van der Waals surface area contributed by atoms with Crippen LogP contribution in [0.15, 0.2) is 35.6 Å². The van der Waals surface area contributed by atoms with E-state index in [9.17, 15) is 29.9 Å². The highest BCUT2D eigenvalue weighted by Crippen LogP contribution is 2.47. The molecule has 3 atom stereocenters. The van der Waals surface area contributed by atoms with Crippen molar-refractivity contribution in [1.82, 2.24) is 0 Å². The smallest absolute Gasteiger partial charge is 0.338 e. The third-order valence-corrected chi connectivity index (χ3v) is 4.63. The lowest BCUT2D eigenvalue weighted by atomic mass is 9.66. The molecular formula is C19H23NO8. The predicted molar refractivity (Wildman–Crippen MR) is 97.5 cm³/mol. The first kappa shape index (κ1) is 21.4. The van der Waals surface area contributed by atoms with E-state index in [-0.39, 0.29) is 36.5 Å². The van der Waals surface area contributed by atoms with Crippen LogP contribution in [0.25, 0.3) is 0 Å². The van der Waals surface area contributed by atoms with E-state index in [4.69, 9.17) is 9.47 Å². The van der Waals surface area contributed by atoms with Gasteiger partial charge in [-0.3, -0.25) is 14.9 Å². The van der Waals surface area contributed by atoms with E-state index in [1.807, 2.05) is 0 Å². The van der Waals surface area contributed by atoms with Crippen molar-refractivity contribution in [3.05, 3.63) is 51.3 Å². The summed E-state index contributed by atoms with van der Waals surface area (Å²) in [6.07, 6.45) is -0.365. The zero-order valence-electron chi connectivity index (χ0n) is 15.9. The average molecular weight is 393 g/mol. The van der Waals surface area contributed by atoms with Crippen LogP contribution in [-0.2, 0) is 19.1 Å². The van der Waals surface area contributed by atoms with Crippen LogP contribution in [0, 0.1) is 16.0 Å². The van der Waals surface area contributed by atoms with Gasteiger partial charge in [-0.15, -0.1) is 0 Å². The average Bonchev–Trinajstić information content (AvgIpc) is 2.60. The van der Waals surface area contributed by atoms with Gasteiger partial charge in [0.25, 0.3) is 5.69 Å². The summed E-state index contributed by atoms with van der Waals surface area (Å²) in [7, 11) is 0. The molecule has 0 amide bonds. The molecule has 9 nitrogen and oxygen atoms in total. The number of nitro benzene ring substituents is 1. The molecule has 0 radical (unpaired) electrons. The SMILES string of the molecule is CCOC(=O)C1=C(O)C[C@@](C)(O)[C@H](C(=O)OCC)[C@H]1c1cccc([N+](=O)[O-])c1. The van der Waals surface area contributed by atoms with Crippen LogP contribution in [0.4, 0.5) is 5.69 Å². The van der Waals surface area contributed by atoms with E-state index in [1.54, 1.807) is 13.8 Å². The van der Waals surface area contributed by atoms with Crippen LogP contribution in [0.2, 0.25) is 0 Å². The van der Waals surface area contributed by atoms with Gasteiger partial charge in [-0.25, -0.2) is 4.79 Å². The van der Waals surface area contributed by atoms with E-state index in [0.29, 0.717) is 0 Å². The fourth-order valence-corrected chi connectivity index (χ4v) is 3.52. The second kappa shape index (κ2) is 8.39. The lowest BCUT2D eigenvalue weighted by Crippen LogP contribution is -2.49. The Kier molecular flexibility index (Phi) is 6.40. The van der Waals surface area contributed by atoms with Gasteiger partial charge in [0.1, 0.15) is 5.76 Å². The van der Waals surface area contributed by atoms with Gasteiger partial charge in [0.2, 0.25) is 0 Å². The number of nitro groups is 1. The number of aliphatic hydroxyl groups is 2. The Morgan fingerprint density at radius 3 is 2.50 bits per heavy atom. The minimum atomic E-state index is -1.75. The molecule has 0 aliphatic heterocycles. The van der Waals surface area contributed by atoms with E-state index >= 15 is 0 Å². The van der Waals surface area contributed by atoms with Crippen LogP contribution in [0.1, 0.15) is 38.7 Å². The van der Waals surface area contributed by atoms with Crippen LogP contribution in [0.5, 0.6) is 0 Å². The normalized spacial score (nSPS) is 24.6. The third-order valence-electron chi connectivity index (χ3n) is 4.63. The van der Waals surface area contributed by atoms with Gasteiger partial charge in [-0.05, 0) is 26.3 Å². The van der Waals surface area contributed by atoms with Crippen molar-refractivity contribution < 1.29 is 34.2 Å². The minimum Gasteiger partial charge on any atom is -0.512 e. The van der Waals surface area contributed by atoms with E-state index in [2.05, 4.69) is 0 Å². The number of ether oxygens (including phenoxy) is 2. The number of carbonyl (C=O) groups is 2. The summed E-state index contributed by atoms with van der Waals surface area (Å²) in [5, 5.41) is 32.5. The van der Waals surface area contributed by atoms with E-state index < -0.39 is 40.1 Å². The maximum Gasteiger partial charge on any atom is 0.338 e. The van der Waals surface area contributed by atoms with Crippen LogP contribution < -0.4 is 0 Å². The summed E-state index contributed by atoms with van der Waals surface area (Å²) in [6, 6.07) is 5.35. The van der Waals surface area contributed by atoms with Crippen LogP contribution >= 0.6 is 0 Å². The van der Waals surface area contributed by atoms with E-state index in [0.717, 1.165) is 0 Å². The van der Waals surface area contributed by atoms with Crippen molar-refractivity contribution in [2.24, 2.45) is 5.92 Å². The molecule has 0 saturated carbocycles. The number of benzene rings is 1. The molecule has 1 aromatic carbocycles. The number of nitrogens with zero attached hydrogens (tertiary/aromatic N) is 1. The van der Waals surface area contributed by atoms with Crippen molar-refractivity contribution in [1.29, 1.82) is 0 Å². The molecule has 0 fully saturated rings. The zero-order chi connectivity index (χ0) is 21.1. The number of hydrogen-bond donors (Lipinski definition) is 2. The number of non-ortho nitro benzene ring substituents is 1. The van der Waals surface area contributed by atoms with Gasteiger partial charge in [-0.1, -0.05) is 12.1 Å². The molecule has 1 aliphatic carbocycles. The minimum absolute atomic E-state index is 0.0255. The Labute approximate surface area is 161 Å². The standard InChI is InChI=1S/C19H23NO8/c1-4-27-17(22)15-13(21)10-19(3,24)16(18(23)28-5-2)14(15)11-7-6-8-12(9-11)20(25)26/h6-9,14,16,21,24H,4-5,10H2,1-3H3/t14-,16-,19+/m0/s1. The van der Waals surface area contributed by atoms with Crippen molar-refractivity contribution >= 4 is 17.6 Å². The van der Waals surface area contributed by atoms with Crippen LogP contribution in [0.3, 0.4) is 0 Å². The molecule has 28 heavy (non-hydrogen) atoms. The van der Waals surface area contributed by atoms with Gasteiger partial charge in [-0.2, -0.15) is 0 Å². The molecule has 1 aromatic rings. The predicted octanol–water partition coefficient (Wildman–Crippen LogP) is 2.39. The lowest BCUT2D eigenvalue weighted by molar-refractivity contribution is -0.384. The summed E-state index contributed by atoms with van der Waals surface area (Å²) in [6.45, 7) is 4.59. The highest BCUT2D eigenvalue weighted by Gasteiger charge is 2.52. The Morgan fingerprint density at radius 1 is 1.29 bits per heavy atom. The monoisotopic (exact) mass is 393 g/mol. The van der Waals surface area contributed by atoms with Gasteiger partial charge >= 0.3 is 11.9 Å². The molecule has 2 N–H and O–H groups in total. The summed E-state index contributed by atoms with van der Waals surface area (Å²) in [5.41, 5.74) is -2.01. The first-order valence-electron chi connectivity index (χ1n) is 8.86. The van der Waals surface area contributed by atoms with Gasteiger partial charge < -0.3 is 19.7 Å². The number of hydrogen-bond acceptors (Lipinski definition) is 8. The van der Waals surface area contributed by atoms with Crippen molar-refractivity contribution in [3.8, 4) is 0 Å². The summed E-state index contributed by atoms with van der Waals surface area (Å²) in [4.78, 5) is 35.8. The maximum atomic E-state index is 12.7. The molecule has 0 saturated heterocycles. The Bertz CT molecular complexity index is 814. The topological polar surface area (TPSA) is 136 Å². The first-order valence-corrected chi connectivity index (χ1v) is 8.86. The lowest BCUT2D eigenvalue weighted by Gasteiger charge is -2.41. The Morgan fingerprint density at radius 2 is 1.93 bits per heavy atom. The highest BCUT2D eigenvalue weighted by molar-refractivity contribution is 5.93. The summed E-state index contributed by atoms with van der Waals surface area (Å²) in [5.74, 6) is -4.52. The molecule has 0 spiro atoms. The molecular weight excluding hydrogens is 370 g/mol. The second-order valence-electron chi connectivity index (χ2n) is 6.67. The number of carbonyl (C=O) groups excluding carboxylic acids is 2. The largest absolute Gasteiger partial charge is 0.512 e. The van der Waals surface area contributed by atoms with Gasteiger partial charge in [0, 0.05) is 24.5 Å². The third kappa shape index (κ3) is 4.14. The van der Waals surface area contributed by atoms with Crippen LogP contribution in [-0.4, -0.2) is 45.9 Å². The fraction of sp³-hybridized carbons (Fsp3) is 0.474. The van der Waals surface area contributed by atoms with Gasteiger partial charge in [0.15, 0.2) is 0 Å². The Hall–Kier alpha value is -2.94. The molecule has 9 heteroatoms. The van der Waals surface area contributed by atoms with E-state index in [1.165, 1.54) is 31.2 Å². The molecule has 2 rings (SSSR count). The Balaban J connectivity index is 2.72. The molecule has 0 unspecified atom stereocenters. The van der Waals surface area contributed by atoms with Crippen molar-refractivity contribution in [2.45, 2.75) is 38.7 Å². The van der Waals surface area contributed by atoms with Crippen molar-refractivity contribution in [3.63, 3.8) is 0 Å². The summed E-state index contributed by atoms with van der Waals surface area (Å²) < 4.78 is 10.1. The second-order valence-corrected chi connectivity index (χ2v) is 6.67. The number of esters is 2. The summed E-state index contributed by atoms with van der Waals surface area (Å²) >= 11 is 0. The van der Waals surface area contributed by atoms with Crippen molar-refractivity contribution in [2.75, 3.05) is 13.2 Å². The molecule has 0 aromatic heterocycles. The highest BCUT2D eigenvalue weighted by atomic mass is 16.6. The molecule has 152 valence electrons. The number of aliphatic hydroxyl groups excluding tert-OH is 1. The zero-order valence-corrected chi connectivity index (χ0v) is 15.9. The molecule has 1 aliphatic rings. The molecule has 0 bridgehead atoms. The quantitative estimate of drug-likeness (QED) is 0.427. The molecule has 0 heterocycles. The maximum absolute atomic E-state index is 12.7. The van der Waals surface area contributed by atoms with Gasteiger partial charge in [0.05, 0.1) is 35.2 Å². The number of rotatable bonds is 6. The fourth-order valence-electron chi connectivity index (χ4n) is 3.52. The first-order chi connectivity index (χ1) is 13.1.